The van der Waals surface area contributed by atoms with Gasteiger partial charge >= 0.3 is 0 Å². The standard InChI is InChI=1S/C9H9FO3/c1-5(11)6-3-7(10)9(13-2)4-8(6)12/h3-4,12H,1-2H3. The second-order valence-corrected chi connectivity index (χ2v) is 2.56. The molecule has 0 aromatic heterocycles. The number of hydrogen-bond donors (Lipinski definition) is 1. The third-order valence-corrected chi connectivity index (χ3v) is 1.65. The first kappa shape index (κ1) is 9.51. The van der Waals surface area contributed by atoms with Crippen LogP contribution in [0.1, 0.15) is 17.3 Å². The molecule has 0 fully saturated rings. The van der Waals surface area contributed by atoms with E-state index >= 15 is 0 Å². The number of rotatable bonds is 2. The first-order valence-corrected chi connectivity index (χ1v) is 3.63. The van der Waals surface area contributed by atoms with Crippen molar-refractivity contribution in [2.24, 2.45) is 0 Å². The zero-order valence-corrected chi connectivity index (χ0v) is 7.30. The molecule has 0 saturated heterocycles. The van der Waals surface area contributed by atoms with E-state index in [0.717, 1.165) is 12.1 Å². The fourth-order valence-electron chi connectivity index (χ4n) is 0.981. The Bertz CT molecular complexity index is 347. The third kappa shape index (κ3) is 1.77. The second-order valence-electron chi connectivity index (χ2n) is 2.56. The molecule has 1 aromatic rings. The normalized spacial score (nSPS) is 9.77. The second kappa shape index (κ2) is 3.43. The Labute approximate surface area is 74.8 Å². The summed E-state index contributed by atoms with van der Waals surface area (Å²) in [5.41, 5.74) is -0.0432. The molecule has 13 heavy (non-hydrogen) atoms. The largest absolute Gasteiger partial charge is 0.507 e. The lowest BCUT2D eigenvalue weighted by Gasteiger charge is -2.05. The maximum atomic E-state index is 13.0. The Morgan fingerprint density at radius 2 is 2.15 bits per heavy atom. The average Bonchev–Trinajstić information content (AvgIpc) is 2.07. The number of methoxy groups -OCH3 is 1. The fourth-order valence-corrected chi connectivity index (χ4v) is 0.981. The van der Waals surface area contributed by atoms with E-state index in [0.29, 0.717) is 0 Å². The van der Waals surface area contributed by atoms with Crippen molar-refractivity contribution in [2.75, 3.05) is 7.11 Å². The zero-order chi connectivity index (χ0) is 10.0. The molecule has 0 saturated carbocycles. The summed E-state index contributed by atoms with van der Waals surface area (Å²) in [6.07, 6.45) is 0. The molecule has 0 aliphatic heterocycles. The van der Waals surface area contributed by atoms with Gasteiger partial charge in [-0.1, -0.05) is 0 Å². The summed E-state index contributed by atoms with van der Waals surface area (Å²) in [5, 5.41) is 9.25. The Balaban J connectivity index is 3.28. The van der Waals surface area contributed by atoms with E-state index in [-0.39, 0.29) is 22.8 Å². The van der Waals surface area contributed by atoms with Gasteiger partial charge in [0.15, 0.2) is 17.3 Å². The highest BCUT2D eigenvalue weighted by atomic mass is 19.1. The molecule has 1 rings (SSSR count). The van der Waals surface area contributed by atoms with Crippen LogP contribution >= 0.6 is 0 Å². The predicted octanol–water partition coefficient (Wildman–Crippen LogP) is 1.74. The van der Waals surface area contributed by atoms with Crippen LogP contribution in [-0.2, 0) is 0 Å². The number of ketones is 1. The molecule has 0 aliphatic carbocycles. The van der Waals surface area contributed by atoms with Crippen LogP contribution in [0.4, 0.5) is 4.39 Å². The number of aromatic hydroxyl groups is 1. The van der Waals surface area contributed by atoms with Gasteiger partial charge in [-0.25, -0.2) is 4.39 Å². The van der Waals surface area contributed by atoms with E-state index < -0.39 is 5.82 Å². The highest BCUT2D eigenvalue weighted by Crippen LogP contribution is 2.26. The molecule has 0 unspecified atom stereocenters. The number of phenols is 1. The van der Waals surface area contributed by atoms with Crippen molar-refractivity contribution in [1.82, 2.24) is 0 Å². The van der Waals surface area contributed by atoms with Gasteiger partial charge in [-0.05, 0) is 13.0 Å². The number of Topliss-reactive ketones (excluding diaryl/α,β-unsaturated/α-hetero) is 1. The van der Waals surface area contributed by atoms with Crippen molar-refractivity contribution in [1.29, 1.82) is 0 Å². The number of ether oxygens (including phenoxy) is 1. The van der Waals surface area contributed by atoms with E-state index in [9.17, 15) is 14.3 Å². The van der Waals surface area contributed by atoms with Crippen LogP contribution in [0.25, 0.3) is 0 Å². The molecule has 0 bridgehead atoms. The van der Waals surface area contributed by atoms with Crippen LogP contribution in [0.2, 0.25) is 0 Å². The van der Waals surface area contributed by atoms with Crippen LogP contribution in [0.3, 0.4) is 0 Å². The van der Waals surface area contributed by atoms with Gasteiger partial charge in [0.2, 0.25) is 0 Å². The topological polar surface area (TPSA) is 46.5 Å². The van der Waals surface area contributed by atoms with Gasteiger partial charge in [-0.15, -0.1) is 0 Å². The van der Waals surface area contributed by atoms with Crippen LogP contribution < -0.4 is 4.74 Å². The van der Waals surface area contributed by atoms with Gasteiger partial charge in [0.1, 0.15) is 5.75 Å². The Hall–Kier alpha value is -1.58. The van der Waals surface area contributed by atoms with E-state index in [1.54, 1.807) is 0 Å². The molecule has 0 spiro atoms. The smallest absolute Gasteiger partial charge is 0.166 e. The molecule has 0 amide bonds. The van der Waals surface area contributed by atoms with Crippen LogP contribution in [0.5, 0.6) is 11.5 Å². The molecule has 70 valence electrons. The summed E-state index contributed by atoms with van der Waals surface area (Å²) in [7, 11) is 1.28. The van der Waals surface area contributed by atoms with Crippen LogP contribution in [0, 0.1) is 5.82 Å². The van der Waals surface area contributed by atoms with Gasteiger partial charge in [0, 0.05) is 6.07 Å². The van der Waals surface area contributed by atoms with Crippen molar-refractivity contribution in [2.45, 2.75) is 6.92 Å². The summed E-state index contributed by atoms with van der Waals surface area (Å²) in [5.74, 6) is -1.40. The molecule has 0 radical (unpaired) electrons. The number of phenolic OH excluding ortho intramolecular Hbond substituents is 1. The van der Waals surface area contributed by atoms with Crippen LogP contribution in [-0.4, -0.2) is 18.0 Å². The zero-order valence-electron chi connectivity index (χ0n) is 7.30. The maximum absolute atomic E-state index is 13.0. The fraction of sp³-hybridized carbons (Fsp3) is 0.222. The Kier molecular flexibility index (Phi) is 2.51. The van der Waals surface area contributed by atoms with Gasteiger partial charge in [-0.3, -0.25) is 4.79 Å². The molecule has 0 atom stereocenters. The van der Waals surface area contributed by atoms with Gasteiger partial charge < -0.3 is 9.84 Å². The summed E-state index contributed by atoms with van der Waals surface area (Å²) in [6, 6.07) is 2.03. The molecular weight excluding hydrogens is 175 g/mol. The van der Waals surface area contributed by atoms with E-state index in [4.69, 9.17) is 0 Å². The third-order valence-electron chi connectivity index (χ3n) is 1.65. The lowest BCUT2D eigenvalue weighted by Crippen LogP contribution is -1.96. The van der Waals surface area contributed by atoms with Crippen molar-refractivity contribution in [3.05, 3.63) is 23.5 Å². The van der Waals surface area contributed by atoms with E-state index in [1.807, 2.05) is 0 Å². The summed E-state index contributed by atoms with van der Waals surface area (Å²) < 4.78 is 17.6. The van der Waals surface area contributed by atoms with Gasteiger partial charge in [0.05, 0.1) is 12.7 Å². The van der Waals surface area contributed by atoms with Gasteiger partial charge in [-0.2, -0.15) is 0 Å². The van der Waals surface area contributed by atoms with Crippen molar-refractivity contribution in [3.8, 4) is 11.5 Å². The van der Waals surface area contributed by atoms with E-state index in [1.165, 1.54) is 14.0 Å². The average molecular weight is 184 g/mol. The summed E-state index contributed by atoms with van der Waals surface area (Å²) in [6.45, 7) is 1.25. The van der Waals surface area contributed by atoms with Gasteiger partial charge in [0.25, 0.3) is 0 Å². The van der Waals surface area contributed by atoms with Crippen molar-refractivity contribution < 1.29 is 19.0 Å². The number of carbonyl (C=O) groups excluding carboxylic acids is 1. The van der Waals surface area contributed by atoms with Crippen molar-refractivity contribution >= 4 is 5.78 Å². The highest BCUT2D eigenvalue weighted by Gasteiger charge is 2.12. The molecule has 3 nitrogen and oxygen atoms in total. The van der Waals surface area contributed by atoms with Crippen molar-refractivity contribution in [3.63, 3.8) is 0 Å². The Morgan fingerprint density at radius 3 is 2.62 bits per heavy atom. The lowest BCUT2D eigenvalue weighted by atomic mass is 10.1. The summed E-state index contributed by atoms with van der Waals surface area (Å²) >= 11 is 0. The maximum Gasteiger partial charge on any atom is 0.166 e. The Morgan fingerprint density at radius 1 is 1.54 bits per heavy atom. The molecule has 1 N–H and O–H groups in total. The summed E-state index contributed by atoms with van der Waals surface area (Å²) in [4.78, 5) is 10.9. The number of halogens is 1. The number of benzene rings is 1. The van der Waals surface area contributed by atoms with Crippen LogP contribution in [0.15, 0.2) is 12.1 Å². The SMILES string of the molecule is COc1cc(O)c(C(C)=O)cc1F. The number of hydrogen-bond acceptors (Lipinski definition) is 3. The first-order chi connectivity index (χ1) is 6.06. The minimum Gasteiger partial charge on any atom is -0.507 e. The molecule has 0 heterocycles. The highest BCUT2D eigenvalue weighted by molar-refractivity contribution is 5.96. The quantitative estimate of drug-likeness (QED) is 0.712. The molecular formula is C9H9FO3. The van der Waals surface area contributed by atoms with E-state index in [2.05, 4.69) is 4.74 Å². The molecule has 1 aromatic carbocycles. The monoisotopic (exact) mass is 184 g/mol. The predicted molar refractivity (Wildman–Crippen MR) is 44.6 cm³/mol. The minimum atomic E-state index is -0.662. The molecule has 0 aliphatic rings. The first-order valence-electron chi connectivity index (χ1n) is 3.63. The lowest BCUT2D eigenvalue weighted by molar-refractivity contribution is 0.101. The number of carbonyl (C=O) groups is 1. The minimum absolute atomic E-state index is 0.0432. The molecule has 4 heteroatoms.